The van der Waals surface area contributed by atoms with Crippen LogP contribution < -0.4 is 0 Å². The lowest BCUT2D eigenvalue weighted by Crippen LogP contribution is -2.40. The molecule has 11 heteroatoms. The second-order valence-corrected chi connectivity index (χ2v) is 7.32. The van der Waals surface area contributed by atoms with Gasteiger partial charge in [-0.25, -0.2) is 18.2 Å². The molecule has 1 saturated carbocycles. The van der Waals surface area contributed by atoms with Gasteiger partial charge in [0.25, 0.3) is 10.0 Å². The number of hydrogen-bond donors (Lipinski definition) is 0. The van der Waals surface area contributed by atoms with Crippen LogP contribution in [-0.4, -0.2) is 49.5 Å². The number of carbonyl (C=O) groups is 1. The van der Waals surface area contributed by atoms with Crippen molar-refractivity contribution < 1.29 is 31.1 Å². The topological polar surface area (TPSA) is 76.6 Å². The summed E-state index contributed by atoms with van der Waals surface area (Å²) in [6.45, 7) is -1.58. The molecule has 0 aromatic carbocycles. The molecule has 6 nitrogen and oxygen atoms in total. The Morgan fingerprint density at radius 1 is 1.52 bits per heavy atom. The summed E-state index contributed by atoms with van der Waals surface area (Å²) in [6.07, 6.45) is -3.94. The Hall–Kier alpha value is -1.20. The van der Waals surface area contributed by atoms with Gasteiger partial charge in [-0.05, 0) is 12.8 Å². The van der Waals surface area contributed by atoms with E-state index in [2.05, 4.69) is 9.72 Å². The SMILES string of the molecule is COC(=O)c1ncsc1S(=O)(=O)N(CC(F)(F)F)C1CC1. The van der Waals surface area contributed by atoms with Crippen LogP contribution in [0.2, 0.25) is 0 Å². The van der Waals surface area contributed by atoms with Gasteiger partial charge >= 0.3 is 12.1 Å². The van der Waals surface area contributed by atoms with E-state index >= 15 is 0 Å². The smallest absolute Gasteiger partial charge is 0.402 e. The fraction of sp³-hybridized carbons (Fsp3) is 0.600. The lowest BCUT2D eigenvalue weighted by atomic mass is 10.5. The number of carbonyl (C=O) groups excluding carboxylic acids is 1. The fourth-order valence-electron chi connectivity index (χ4n) is 1.71. The second-order valence-electron chi connectivity index (χ2n) is 4.38. The first-order valence-corrected chi connectivity index (χ1v) is 8.09. The van der Waals surface area contributed by atoms with Crippen LogP contribution in [0.5, 0.6) is 0 Å². The third-order valence-electron chi connectivity index (χ3n) is 2.75. The van der Waals surface area contributed by atoms with Crippen molar-refractivity contribution in [2.24, 2.45) is 0 Å². The molecule has 2 rings (SSSR count). The highest BCUT2D eigenvalue weighted by Gasteiger charge is 2.46. The van der Waals surface area contributed by atoms with E-state index in [0.29, 0.717) is 28.5 Å². The second kappa shape index (κ2) is 5.54. The Balaban J connectivity index is 2.40. The molecule has 0 atom stereocenters. The minimum atomic E-state index is -4.66. The molecule has 0 spiro atoms. The maximum absolute atomic E-state index is 12.6. The minimum Gasteiger partial charge on any atom is -0.464 e. The number of sulfonamides is 1. The number of halogens is 3. The molecule has 1 fully saturated rings. The van der Waals surface area contributed by atoms with Crippen LogP contribution in [0.4, 0.5) is 13.2 Å². The molecule has 0 radical (unpaired) electrons. The van der Waals surface area contributed by atoms with Crippen LogP contribution in [-0.2, 0) is 14.8 Å². The minimum absolute atomic E-state index is 0.363. The number of esters is 1. The van der Waals surface area contributed by atoms with E-state index in [-0.39, 0.29) is 0 Å². The van der Waals surface area contributed by atoms with Crippen molar-refractivity contribution in [3.63, 3.8) is 0 Å². The molecule has 0 unspecified atom stereocenters. The van der Waals surface area contributed by atoms with Gasteiger partial charge in [-0.3, -0.25) is 0 Å². The summed E-state index contributed by atoms with van der Waals surface area (Å²) in [6, 6.07) is -0.691. The monoisotopic (exact) mass is 344 g/mol. The summed E-state index contributed by atoms with van der Waals surface area (Å²) in [5.41, 5.74) is 0.591. The molecule has 1 aromatic rings. The predicted octanol–water partition coefficient (Wildman–Crippen LogP) is 1.65. The van der Waals surface area contributed by atoms with E-state index in [1.54, 1.807) is 0 Å². The lowest BCUT2D eigenvalue weighted by molar-refractivity contribution is -0.136. The first kappa shape index (κ1) is 16.2. The number of alkyl halides is 3. The van der Waals surface area contributed by atoms with Gasteiger partial charge in [-0.15, -0.1) is 11.3 Å². The standard InChI is InChI=1S/C10H11F3N2O4S2/c1-19-8(16)7-9(20-5-14-7)21(17,18)15(6-2-3-6)4-10(11,12)13/h5-6H,2-4H2,1H3. The molecule has 0 bridgehead atoms. The number of ether oxygens (including phenoxy) is 1. The van der Waals surface area contributed by atoms with E-state index in [1.165, 1.54) is 0 Å². The third kappa shape index (κ3) is 3.52. The van der Waals surface area contributed by atoms with Crippen molar-refractivity contribution in [3.8, 4) is 0 Å². The summed E-state index contributed by atoms with van der Waals surface area (Å²) < 4.78 is 66.8. The van der Waals surface area contributed by atoms with Crippen LogP contribution in [0.25, 0.3) is 0 Å². The molecule has 21 heavy (non-hydrogen) atoms. The van der Waals surface area contributed by atoms with Gasteiger partial charge in [-0.2, -0.15) is 17.5 Å². The number of aromatic nitrogens is 1. The number of rotatable bonds is 5. The van der Waals surface area contributed by atoms with Crippen LogP contribution in [0.3, 0.4) is 0 Å². The van der Waals surface area contributed by atoms with Crippen LogP contribution in [0.1, 0.15) is 23.3 Å². The van der Waals surface area contributed by atoms with E-state index in [9.17, 15) is 26.4 Å². The van der Waals surface area contributed by atoms with Gasteiger partial charge in [0, 0.05) is 6.04 Å². The molecule has 1 aromatic heterocycles. The summed E-state index contributed by atoms with van der Waals surface area (Å²) in [5.74, 6) is -1.00. The molecule has 0 saturated heterocycles. The van der Waals surface area contributed by atoms with Crippen LogP contribution >= 0.6 is 11.3 Å². The number of hydrogen-bond acceptors (Lipinski definition) is 6. The van der Waals surface area contributed by atoms with Gasteiger partial charge in [0.1, 0.15) is 6.54 Å². The van der Waals surface area contributed by atoms with Crippen LogP contribution in [0, 0.1) is 0 Å². The average molecular weight is 344 g/mol. The van der Waals surface area contributed by atoms with Gasteiger partial charge < -0.3 is 4.74 Å². The molecule has 0 N–H and O–H groups in total. The van der Waals surface area contributed by atoms with E-state index in [4.69, 9.17) is 0 Å². The summed E-state index contributed by atoms with van der Waals surface area (Å²) in [5, 5.41) is 0. The van der Waals surface area contributed by atoms with Crippen molar-refractivity contribution in [2.75, 3.05) is 13.7 Å². The number of thiazole rings is 1. The van der Waals surface area contributed by atoms with Crippen molar-refractivity contribution in [1.29, 1.82) is 0 Å². The molecule has 1 aliphatic rings. The first-order valence-electron chi connectivity index (χ1n) is 5.77. The van der Waals surface area contributed by atoms with Gasteiger partial charge in [0.2, 0.25) is 0 Å². The van der Waals surface area contributed by atoms with Gasteiger partial charge in [0.05, 0.1) is 12.6 Å². The molecule has 1 aliphatic carbocycles. The highest BCUT2D eigenvalue weighted by molar-refractivity contribution is 7.91. The molecule has 0 amide bonds. The Morgan fingerprint density at radius 3 is 2.62 bits per heavy atom. The third-order valence-corrected chi connectivity index (χ3v) is 5.99. The summed E-state index contributed by atoms with van der Waals surface area (Å²) >= 11 is 0.591. The highest BCUT2D eigenvalue weighted by Crippen LogP contribution is 2.36. The summed E-state index contributed by atoms with van der Waals surface area (Å²) in [4.78, 5) is 15.0. The van der Waals surface area contributed by atoms with E-state index < -0.39 is 44.7 Å². The van der Waals surface area contributed by atoms with Crippen molar-refractivity contribution in [3.05, 3.63) is 11.2 Å². The molecular weight excluding hydrogens is 333 g/mol. The van der Waals surface area contributed by atoms with Gasteiger partial charge in [0.15, 0.2) is 9.90 Å². The Kier molecular flexibility index (Phi) is 4.26. The largest absolute Gasteiger partial charge is 0.464 e. The Labute approximate surface area is 122 Å². The molecule has 118 valence electrons. The lowest BCUT2D eigenvalue weighted by Gasteiger charge is -2.22. The Morgan fingerprint density at radius 2 is 2.14 bits per heavy atom. The molecule has 0 aliphatic heterocycles. The van der Waals surface area contributed by atoms with Gasteiger partial charge in [-0.1, -0.05) is 0 Å². The highest BCUT2D eigenvalue weighted by atomic mass is 32.2. The van der Waals surface area contributed by atoms with E-state index in [1.807, 2.05) is 0 Å². The van der Waals surface area contributed by atoms with Crippen molar-refractivity contribution in [2.45, 2.75) is 29.3 Å². The summed E-state index contributed by atoms with van der Waals surface area (Å²) in [7, 11) is -3.41. The average Bonchev–Trinajstić information content (AvgIpc) is 3.09. The fourth-order valence-corrected chi connectivity index (χ4v) is 4.62. The Bertz CT molecular complexity index is 637. The maximum atomic E-state index is 12.6. The molecule has 1 heterocycles. The zero-order chi connectivity index (χ0) is 15.8. The zero-order valence-corrected chi connectivity index (χ0v) is 12.4. The maximum Gasteiger partial charge on any atom is 0.402 e. The number of nitrogens with zero attached hydrogens (tertiary/aromatic N) is 2. The first-order chi connectivity index (χ1) is 9.66. The molecular formula is C10H11F3N2O4S2. The van der Waals surface area contributed by atoms with Crippen molar-refractivity contribution in [1.82, 2.24) is 9.29 Å². The normalized spacial score (nSPS) is 16.2. The zero-order valence-electron chi connectivity index (χ0n) is 10.8. The van der Waals surface area contributed by atoms with Crippen molar-refractivity contribution >= 4 is 27.3 Å². The quantitative estimate of drug-likeness (QED) is 0.759. The van der Waals surface area contributed by atoms with Crippen LogP contribution in [0.15, 0.2) is 9.72 Å². The predicted molar refractivity (Wildman–Crippen MR) is 66.4 cm³/mol. The van der Waals surface area contributed by atoms with E-state index in [0.717, 1.165) is 12.6 Å². The number of methoxy groups -OCH3 is 1.